The number of benzene rings is 1. The van der Waals surface area contributed by atoms with Crippen LogP contribution >= 0.6 is 0 Å². The second kappa shape index (κ2) is 5.46. The van der Waals surface area contributed by atoms with E-state index in [9.17, 15) is 4.79 Å². The van der Waals surface area contributed by atoms with E-state index < -0.39 is 0 Å². The van der Waals surface area contributed by atoms with Crippen LogP contribution in [0.15, 0.2) is 24.3 Å². The fourth-order valence-electron chi connectivity index (χ4n) is 2.34. The van der Waals surface area contributed by atoms with Gasteiger partial charge in [0.05, 0.1) is 6.54 Å². The normalized spacial score (nSPS) is 15.9. The number of hydrogen-bond donors (Lipinski definition) is 0. The maximum absolute atomic E-state index is 12.1. The zero-order valence-electron chi connectivity index (χ0n) is 10.8. The molecule has 1 aromatic rings. The van der Waals surface area contributed by atoms with Crippen LogP contribution in [0.1, 0.15) is 35.2 Å². The zero-order valence-corrected chi connectivity index (χ0v) is 10.8. The van der Waals surface area contributed by atoms with Crippen LogP contribution in [0.2, 0.25) is 0 Å². The van der Waals surface area contributed by atoms with Gasteiger partial charge in [-0.25, -0.2) is 0 Å². The van der Waals surface area contributed by atoms with Crippen LogP contribution in [0.25, 0.3) is 0 Å². The van der Waals surface area contributed by atoms with Gasteiger partial charge < -0.3 is 0 Å². The third-order valence-corrected chi connectivity index (χ3v) is 3.55. The summed E-state index contributed by atoms with van der Waals surface area (Å²) >= 11 is 0. The monoisotopic (exact) mass is 231 g/mol. The van der Waals surface area contributed by atoms with Crippen molar-refractivity contribution >= 4 is 5.78 Å². The van der Waals surface area contributed by atoms with Crippen LogP contribution in [0.4, 0.5) is 0 Å². The predicted octanol–water partition coefficient (Wildman–Crippen LogP) is 2.91. The van der Waals surface area contributed by atoms with Gasteiger partial charge in [0.25, 0.3) is 0 Å². The van der Waals surface area contributed by atoms with Crippen LogP contribution in [-0.2, 0) is 0 Å². The van der Waals surface area contributed by atoms with Gasteiger partial charge in [0.15, 0.2) is 5.78 Å². The highest BCUT2D eigenvalue weighted by atomic mass is 16.1. The Kier molecular flexibility index (Phi) is 3.95. The smallest absolute Gasteiger partial charge is 0.176 e. The molecule has 0 aliphatic heterocycles. The van der Waals surface area contributed by atoms with Gasteiger partial charge >= 0.3 is 0 Å². The lowest BCUT2D eigenvalue weighted by Crippen LogP contribution is -2.33. The second-order valence-corrected chi connectivity index (χ2v) is 5.29. The molecule has 0 aromatic heterocycles. The number of aryl methyl sites for hydroxylation is 1. The van der Waals surface area contributed by atoms with Crippen molar-refractivity contribution in [3.05, 3.63) is 35.4 Å². The molecule has 1 aliphatic rings. The molecule has 0 N–H and O–H groups in total. The van der Waals surface area contributed by atoms with Crippen molar-refractivity contribution in [2.75, 3.05) is 20.1 Å². The molecule has 1 fully saturated rings. The Morgan fingerprint density at radius 1 is 1.41 bits per heavy atom. The summed E-state index contributed by atoms with van der Waals surface area (Å²) < 4.78 is 0. The molecule has 0 unspecified atom stereocenters. The van der Waals surface area contributed by atoms with Gasteiger partial charge in [-0.3, -0.25) is 9.69 Å². The molecule has 0 atom stereocenters. The summed E-state index contributed by atoms with van der Waals surface area (Å²) in [6.45, 7) is 3.63. The summed E-state index contributed by atoms with van der Waals surface area (Å²) in [4.78, 5) is 14.2. The third-order valence-electron chi connectivity index (χ3n) is 3.55. The van der Waals surface area contributed by atoms with E-state index in [-0.39, 0.29) is 5.78 Å². The van der Waals surface area contributed by atoms with Gasteiger partial charge in [-0.05, 0) is 38.8 Å². The maximum atomic E-state index is 12.1. The minimum Gasteiger partial charge on any atom is -0.299 e. The number of carbonyl (C=O) groups excluding carboxylic acids is 1. The topological polar surface area (TPSA) is 20.3 Å². The molecular weight excluding hydrogens is 210 g/mol. The maximum Gasteiger partial charge on any atom is 0.176 e. The molecule has 2 rings (SSSR count). The highest BCUT2D eigenvalue weighted by Crippen LogP contribution is 2.26. The van der Waals surface area contributed by atoms with Crippen molar-refractivity contribution in [1.82, 2.24) is 4.90 Å². The molecule has 0 bridgehead atoms. The number of hydrogen-bond acceptors (Lipinski definition) is 2. The van der Waals surface area contributed by atoms with Crippen molar-refractivity contribution in [2.24, 2.45) is 5.92 Å². The highest BCUT2D eigenvalue weighted by Gasteiger charge is 2.20. The number of rotatable bonds is 5. The van der Waals surface area contributed by atoms with E-state index in [4.69, 9.17) is 0 Å². The minimum absolute atomic E-state index is 0.232. The lowest BCUT2D eigenvalue weighted by Gasteiger charge is -2.29. The van der Waals surface area contributed by atoms with E-state index in [0.29, 0.717) is 6.54 Å². The summed E-state index contributed by atoms with van der Waals surface area (Å²) in [5.41, 5.74) is 1.99. The van der Waals surface area contributed by atoms with E-state index in [1.54, 1.807) is 0 Å². The Morgan fingerprint density at radius 3 is 2.76 bits per heavy atom. The predicted molar refractivity (Wildman–Crippen MR) is 70.3 cm³/mol. The van der Waals surface area contributed by atoms with Crippen LogP contribution in [0, 0.1) is 12.8 Å². The molecule has 2 heteroatoms. The molecule has 0 spiro atoms. The Morgan fingerprint density at radius 2 is 2.18 bits per heavy atom. The molecule has 2 nitrogen and oxygen atoms in total. The van der Waals surface area contributed by atoms with E-state index in [1.807, 2.05) is 38.2 Å². The molecular formula is C15H21NO. The molecule has 1 saturated carbocycles. The highest BCUT2D eigenvalue weighted by molar-refractivity contribution is 5.97. The number of nitrogens with zero attached hydrogens (tertiary/aromatic N) is 1. The quantitative estimate of drug-likeness (QED) is 0.726. The van der Waals surface area contributed by atoms with E-state index in [2.05, 4.69) is 4.90 Å². The SMILES string of the molecule is Cc1cccc(C(=O)CN(C)CC2CCC2)c1. The second-order valence-electron chi connectivity index (χ2n) is 5.29. The van der Waals surface area contributed by atoms with Crippen LogP contribution in [-0.4, -0.2) is 30.8 Å². The molecule has 0 radical (unpaired) electrons. The van der Waals surface area contributed by atoms with E-state index in [0.717, 1.165) is 23.6 Å². The van der Waals surface area contributed by atoms with E-state index in [1.165, 1.54) is 19.3 Å². The van der Waals surface area contributed by atoms with Crippen molar-refractivity contribution in [1.29, 1.82) is 0 Å². The van der Waals surface area contributed by atoms with Crippen LogP contribution in [0.5, 0.6) is 0 Å². The third kappa shape index (κ3) is 3.40. The molecule has 17 heavy (non-hydrogen) atoms. The molecule has 0 saturated heterocycles. The lowest BCUT2D eigenvalue weighted by molar-refractivity contribution is 0.0925. The average molecular weight is 231 g/mol. The summed E-state index contributed by atoms with van der Waals surface area (Å²) in [5.74, 6) is 1.06. The first-order valence-electron chi connectivity index (χ1n) is 6.43. The first-order chi connectivity index (χ1) is 8.15. The molecule has 1 aromatic carbocycles. The first kappa shape index (κ1) is 12.3. The average Bonchev–Trinajstić information content (AvgIpc) is 2.23. The zero-order chi connectivity index (χ0) is 12.3. The standard InChI is InChI=1S/C15H21NO/c1-12-5-3-8-14(9-12)15(17)11-16(2)10-13-6-4-7-13/h3,5,8-9,13H,4,6-7,10-11H2,1-2H3. The first-order valence-corrected chi connectivity index (χ1v) is 6.43. The van der Waals surface area contributed by atoms with Gasteiger partial charge in [0.1, 0.15) is 0 Å². The number of Topliss-reactive ketones (excluding diaryl/α,β-unsaturated/α-hetero) is 1. The summed E-state index contributed by atoms with van der Waals surface area (Å²) in [6, 6.07) is 7.86. The van der Waals surface area contributed by atoms with Gasteiger partial charge in [0.2, 0.25) is 0 Å². The minimum atomic E-state index is 0.232. The fourth-order valence-corrected chi connectivity index (χ4v) is 2.34. The number of ketones is 1. The molecule has 0 heterocycles. The summed E-state index contributed by atoms with van der Waals surface area (Å²) in [6.07, 6.45) is 4.04. The Labute approximate surface area is 104 Å². The Hall–Kier alpha value is -1.15. The Bertz CT molecular complexity index is 396. The van der Waals surface area contributed by atoms with Crippen molar-refractivity contribution in [2.45, 2.75) is 26.2 Å². The van der Waals surface area contributed by atoms with Gasteiger partial charge in [-0.15, -0.1) is 0 Å². The summed E-state index contributed by atoms with van der Waals surface area (Å²) in [7, 11) is 2.05. The van der Waals surface area contributed by atoms with Crippen LogP contribution < -0.4 is 0 Å². The fraction of sp³-hybridized carbons (Fsp3) is 0.533. The van der Waals surface area contributed by atoms with Gasteiger partial charge in [0, 0.05) is 12.1 Å². The van der Waals surface area contributed by atoms with Gasteiger partial charge in [-0.1, -0.05) is 30.2 Å². The number of carbonyl (C=O) groups is 1. The lowest BCUT2D eigenvalue weighted by atomic mass is 9.85. The Balaban J connectivity index is 1.87. The van der Waals surface area contributed by atoms with Gasteiger partial charge in [-0.2, -0.15) is 0 Å². The van der Waals surface area contributed by atoms with E-state index >= 15 is 0 Å². The molecule has 1 aliphatic carbocycles. The van der Waals surface area contributed by atoms with Crippen molar-refractivity contribution < 1.29 is 4.79 Å². The molecule has 0 amide bonds. The largest absolute Gasteiger partial charge is 0.299 e. The van der Waals surface area contributed by atoms with Crippen molar-refractivity contribution in [3.63, 3.8) is 0 Å². The molecule has 92 valence electrons. The number of likely N-dealkylation sites (N-methyl/N-ethyl adjacent to an activating group) is 1. The van der Waals surface area contributed by atoms with Crippen LogP contribution in [0.3, 0.4) is 0 Å². The summed E-state index contributed by atoms with van der Waals surface area (Å²) in [5, 5.41) is 0. The van der Waals surface area contributed by atoms with Crippen molar-refractivity contribution in [3.8, 4) is 0 Å².